The minimum Gasteiger partial charge on any atom is -0.397 e. The molecule has 7 nitrogen and oxygen atoms in total. The number of nitrogens with two attached hydrogens (primary N) is 1. The Morgan fingerprint density at radius 1 is 1.03 bits per heavy atom. The number of aromatic nitrogens is 3. The molecule has 5 N–H and O–H groups in total. The van der Waals surface area contributed by atoms with Crippen molar-refractivity contribution in [2.45, 2.75) is 25.9 Å². The molecule has 0 spiro atoms. The molecule has 7 heteroatoms. The molecule has 5 rings (SSSR count). The number of fused-ring (bicyclic) bond motifs is 2. The number of para-hydroxylation sites is 1. The quantitative estimate of drug-likeness (QED) is 0.423. The molecular formula is C22H24N6O. The maximum absolute atomic E-state index is 12.7. The number of anilines is 2. The molecule has 3 heterocycles. The second-order valence-electron chi connectivity index (χ2n) is 7.95. The zero-order valence-corrected chi connectivity index (χ0v) is 16.5. The van der Waals surface area contributed by atoms with Crippen LogP contribution in [0.25, 0.3) is 33.3 Å². The number of imidazole rings is 1. The van der Waals surface area contributed by atoms with Crippen LogP contribution in [-0.2, 0) is 0 Å². The van der Waals surface area contributed by atoms with Crippen LogP contribution in [0.3, 0.4) is 0 Å². The van der Waals surface area contributed by atoms with Gasteiger partial charge in [-0.2, -0.15) is 0 Å². The van der Waals surface area contributed by atoms with E-state index in [1.165, 1.54) is 0 Å². The minimum absolute atomic E-state index is 0.245. The summed E-state index contributed by atoms with van der Waals surface area (Å²) in [4.78, 5) is 25.9. The highest BCUT2D eigenvalue weighted by Gasteiger charge is 2.22. The molecule has 0 amide bonds. The van der Waals surface area contributed by atoms with Crippen molar-refractivity contribution in [3.05, 3.63) is 52.8 Å². The van der Waals surface area contributed by atoms with Crippen LogP contribution >= 0.6 is 0 Å². The zero-order chi connectivity index (χ0) is 20.1. The Kier molecular flexibility index (Phi) is 4.06. The fourth-order valence-electron chi connectivity index (χ4n) is 4.35. The van der Waals surface area contributed by atoms with Crippen molar-refractivity contribution in [2.75, 3.05) is 23.7 Å². The number of nitrogen functional groups attached to an aromatic ring is 1. The molecule has 1 aliphatic rings. The first-order chi connectivity index (χ1) is 14.0. The van der Waals surface area contributed by atoms with Gasteiger partial charge in [-0.15, -0.1) is 0 Å². The molecule has 0 radical (unpaired) electrons. The average Bonchev–Trinajstić information content (AvgIpc) is 3.10. The zero-order valence-electron chi connectivity index (χ0n) is 16.5. The van der Waals surface area contributed by atoms with E-state index in [0.29, 0.717) is 29.2 Å². The number of hydrogen-bond acceptors (Lipinski definition) is 5. The average molecular weight is 388 g/mol. The monoisotopic (exact) mass is 388 g/mol. The molecule has 1 saturated heterocycles. The van der Waals surface area contributed by atoms with Crippen molar-refractivity contribution >= 4 is 33.3 Å². The van der Waals surface area contributed by atoms with Crippen molar-refractivity contribution < 1.29 is 0 Å². The highest BCUT2D eigenvalue weighted by atomic mass is 16.1. The number of aromatic amines is 2. The van der Waals surface area contributed by atoms with Gasteiger partial charge in [-0.1, -0.05) is 18.2 Å². The lowest BCUT2D eigenvalue weighted by atomic mass is 10.1. The Morgan fingerprint density at radius 3 is 2.59 bits per heavy atom. The lowest BCUT2D eigenvalue weighted by Gasteiger charge is -2.37. The van der Waals surface area contributed by atoms with Gasteiger partial charge in [0.25, 0.3) is 5.56 Å². The molecule has 0 aliphatic carbocycles. The summed E-state index contributed by atoms with van der Waals surface area (Å²) in [5, 5.41) is 4.37. The smallest absolute Gasteiger partial charge is 0.261 e. The highest BCUT2D eigenvalue weighted by molar-refractivity contribution is 5.97. The Hall–Kier alpha value is -3.32. The summed E-state index contributed by atoms with van der Waals surface area (Å²) in [7, 11) is 0. The van der Waals surface area contributed by atoms with E-state index in [2.05, 4.69) is 51.1 Å². The molecule has 1 aliphatic heterocycles. The van der Waals surface area contributed by atoms with Crippen molar-refractivity contribution in [3.8, 4) is 11.4 Å². The molecule has 0 bridgehead atoms. The normalized spacial score (nSPS) is 19.9. The number of hydrogen-bond donors (Lipinski definition) is 4. The Bertz CT molecular complexity index is 1260. The maximum Gasteiger partial charge on any atom is 0.261 e. The first-order valence-corrected chi connectivity index (χ1v) is 9.91. The topological polar surface area (TPSA) is 103 Å². The fourth-order valence-corrected chi connectivity index (χ4v) is 4.35. The third-order valence-electron chi connectivity index (χ3n) is 5.59. The van der Waals surface area contributed by atoms with Gasteiger partial charge in [-0.25, -0.2) is 4.98 Å². The summed E-state index contributed by atoms with van der Waals surface area (Å²) in [6, 6.07) is 14.6. The number of benzene rings is 2. The molecule has 2 aromatic carbocycles. The maximum atomic E-state index is 12.7. The second kappa shape index (κ2) is 6.63. The predicted molar refractivity (Wildman–Crippen MR) is 118 cm³/mol. The van der Waals surface area contributed by atoms with Crippen LogP contribution in [-0.4, -0.2) is 40.1 Å². The molecule has 29 heavy (non-hydrogen) atoms. The summed E-state index contributed by atoms with van der Waals surface area (Å²) < 4.78 is 0. The second-order valence-corrected chi connectivity index (χ2v) is 7.95. The summed E-state index contributed by atoms with van der Waals surface area (Å²) >= 11 is 0. The largest absolute Gasteiger partial charge is 0.397 e. The van der Waals surface area contributed by atoms with Crippen LogP contribution < -0.4 is 21.5 Å². The highest BCUT2D eigenvalue weighted by Crippen LogP contribution is 2.29. The van der Waals surface area contributed by atoms with E-state index >= 15 is 0 Å². The first-order valence-electron chi connectivity index (χ1n) is 9.91. The first kappa shape index (κ1) is 17.8. The van der Waals surface area contributed by atoms with Crippen molar-refractivity contribution in [2.24, 2.45) is 0 Å². The van der Waals surface area contributed by atoms with Gasteiger partial charge in [0.15, 0.2) is 0 Å². The fraction of sp³-hybridized carbons (Fsp3) is 0.273. The van der Waals surface area contributed by atoms with Gasteiger partial charge >= 0.3 is 0 Å². The third kappa shape index (κ3) is 3.03. The van der Waals surface area contributed by atoms with Gasteiger partial charge in [0.05, 0.1) is 22.2 Å². The van der Waals surface area contributed by atoms with Crippen molar-refractivity contribution in [1.82, 2.24) is 20.3 Å². The number of rotatable bonds is 2. The van der Waals surface area contributed by atoms with Gasteiger partial charge < -0.3 is 25.9 Å². The summed E-state index contributed by atoms with van der Waals surface area (Å²) in [6.07, 6.45) is 0. The van der Waals surface area contributed by atoms with Gasteiger partial charge in [-0.3, -0.25) is 4.79 Å². The number of piperazine rings is 1. The van der Waals surface area contributed by atoms with Gasteiger partial charge in [0, 0.05) is 36.2 Å². The number of nitrogens with zero attached hydrogens (tertiary/aromatic N) is 2. The summed E-state index contributed by atoms with van der Waals surface area (Å²) in [5.41, 5.74) is 10.5. The molecule has 4 aromatic rings. The molecular weight excluding hydrogens is 364 g/mol. The molecule has 0 saturated carbocycles. The lowest BCUT2D eigenvalue weighted by molar-refractivity contribution is 0.407. The van der Waals surface area contributed by atoms with Crippen LogP contribution in [0.2, 0.25) is 0 Å². The molecule has 2 atom stereocenters. The number of nitrogens with one attached hydrogen (secondary N) is 3. The van der Waals surface area contributed by atoms with Crippen molar-refractivity contribution in [3.63, 3.8) is 0 Å². The van der Waals surface area contributed by atoms with Gasteiger partial charge in [-0.05, 0) is 38.1 Å². The SMILES string of the molecule is C[C@@H]1CN(c2ccc3nc(-c4c(N)c5ccccc5[nH]c4=O)[nH]c3c2)C[C@H](C)N1. The Balaban J connectivity index is 1.59. The van der Waals surface area contributed by atoms with E-state index in [9.17, 15) is 4.79 Å². The molecule has 0 unspecified atom stereocenters. The predicted octanol–water partition coefficient (Wildman–Crippen LogP) is 2.84. The summed E-state index contributed by atoms with van der Waals surface area (Å²) in [6.45, 7) is 6.30. The van der Waals surface area contributed by atoms with E-state index in [-0.39, 0.29) is 5.56 Å². The standard InChI is InChI=1S/C22H24N6O/c1-12-10-28(11-13(2)24-12)14-7-8-17-18(9-14)26-21(25-17)19-20(23)15-5-3-4-6-16(15)27-22(19)29/h3-9,12-13,24H,10-11H2,1-2H3,(H,25,26)(H3,23,27,29)/t12-,13+. The van der Waals surface area contributed by atoms with E-state index < -0.39 is 0 Å². The molecule has 1 fully saturated rings. The van der Waals surface area contributed by atoms with E-state index in [4.69, 9.17) is 5.73 Å². The number of H-pyrrole nitrogens is 2. The lowest BCUT2D eigenvalue weighted by Crippen LogP contribution is -2.54. The summed E-state index contributed by atoms with van der Waals surface area (Å²) in [5.74, 6) is 0.490. The minimum atomic E-state index is -0.245. The van der Waals surface area contributed by atoms with Crippen LogP contribution in [0.5, 0.6) is 0 Å². The van der Waals surface area contributed by atoms with Crippen LogP contribution in [0.4, 0.5) is 11.4 Å². The Morgan fingerprint density at radius 2 is 1.79 bits per heavy atom. The van der Waals surface area contributed by atoms with Crippen LogP contribution in [0.1, 0.15) is 13.8 Å². The molecule has 2 aromatic heterocycles. The van der Waals surface area contributed by atoms with Crippen molar-refractivity contribution in [1.29, 1.82) is 0 Å². The van der Waals surface area contributed by atoms with Gasteiger partial charge in [0.2, 0.25) is 0 Å². The van der Waals surface area contributed by atoms with Gasteiger partial charge in [0.1, 0.15) is 11.4 Å². The van der Waals surface area contributed by atoms with E-state index in [1.807, 2.05) is 30.3 Å². The van der Waals surface area contributed by atoms with Crippen LogP contribution in [0, 0.1) is 0 Å². The third-order valence-corrected chi connectivity index (χ3v) is 5.59. The van der Waals surface area contributed by atoms with E-state index in [0.717, 1.165) is 40.7 Å². The van der Waals surface area contributed by atoms with E-state index in [1.54, 1.807) is 0 Å². The van der Waals surface area contributed by atoms with Crippen LogP contribution in [0.15, 0.2) is 47.3 Å². The molecule has 148 valence electrons. The number of pyridine rings is 1. The Labute approximate surface area is 167 Å².